The van der Waals surface area contributed by atoms with Gasteiger partial charge in [-0.3, -0.25) is 0 Å². The average Bonchev–Trinajstić information content (AvgIpc) is 2.84. The first-order valence-electron chi connectivity index (χ1n) is 6.99. The highest BCUT2D eigenvalue weighted by molar-refractivity contribution is 5.98. The highest BCUT2D eigenvalue weighted by atomic mass is 16.4. The Bertz CT molecular complexity index is 445. The number of nitrogens with zero attached hydrogens (tertiary/aromatic N) is 1. The van der Waals surface area contributed by atoms with Crippen LogP contribution in [0.3, 0.4) is 0 Å². The first-order valence-corrected chi connectivity index (χ1v) is 6.99. The maximum Gasteiger partial charge on any atom is 0.170 e. The third kappa shape index (κ3) is 3.47. The predicted molar refractivity (Wildman–Crippen MR) is 77.2 cm³/mol. The van der Waals surface area contributed by atoms with Gasteiger partial charge >= 0.3 is 0 Å². The molecule has 0 amide bonds. The van der Waals surface area contributed by atoms with Crippen LogP contribution in [0.15, 0.2) is 29.4 Å². The summed E-state index contributed by atoms with van der Waals surface area (Å²) in [4.78, 5) is 0. The summed E-state index contributed by atoms with van der Waals surface area (Å²) in [6.07, 6.45) is 4.04. The van der Waals surface area contributed by atoms with Crippen molar-refractivity contribution in [2.45, 2.75) is 32.7 Å². The number of oxime groups is 1. The van der Waals surface area contributed by atoms with Gasteiger partial charge in [-0.05, 0) is 30.4 Å². The second-order valence-electron chi connectivity index (χ2n) is 5.44. The minimum absolute atomic E-state index is 0.173. The zero-order valence-electron chi connectivity index (χ0n) is 11.5. The molecule has 2 atom stereocenters. The normalized spacial score (nSPS) is 23.7. The van der Waals surface area contributed by atoms with Crippen molar-refractivity contribution in [3.63, 3.8) is 0 Å². The molecule has 0 bridgehead atoms. The first-order chi connectivity index (χ1) is 9.22. The Morgan fingerprint density at radius 3 is 2.89 bits per heavy atom. The molecule has 2 rings (SSSR count). The lowest BCUT2D eigenvalue weighted by Crippen LogP contribution is -2.25. The lowest BCUT2D eigenvalue weighted by atomic mass is 9.98. The van der Waals surface area contributed by atoms with Crippen LogP contribution in [0, 0.1) is 11.8 Å². The molecule has 1 saturated carbocycles. The van der Waals surface area contributed by atoms with Gasteiger partial charge in [0.2, 0.25) is 0 Å². The minimum atomic E-state index is 0.173. The summed E-state index contributed by atoms with van der Waals surface area (Å²) in [6.45, 7) is 4.14. The van der Waals surface area contributed by atoms with E-state index in [1.54, 1.807) is 0 Å². The molecule has 1 aromatic carbocycles. The third-order valence-corrected chi connectivity index (χ3v) is 4.16. The average molecular weight is 261 g/mol. The number of hydrogen-bond donors (Lipinski definition) is 3. The molecule has 1 aliphatic carbocycles. The van der Waals surface area contributed by atoms with Crippen LogP contribution in [-0.2, 0) is 6.54 Å². The van der Waals surface area contributed by atoms with Crippen molar-refractivity contribution >= 4 is 5.84 Å². The summed E-state index contributed by atoms with van der Waals surface area (Å²) in [5.74, 6) is 1.79. The zero-order valence-corrected chi connectivity index (χ0v) is 11.5. The minimum Gasteiger partial charge on any atom is -0.409 e. The predicted octanol–water partition coefficient (Wildman–Crippen LogP) is 2.31. The van der Waals surface area contributed by atoms with Crippen LogP contribution in [0.4, 0.5) is 0 Å². The molecule has 0 aromatic heterocycles. The molecule has 4 nitrogen and oxygen atoms in total. The summed E-state index contributed by atoms with van der Waals surface area (Å²) in [6, 6.07) is 7.77. The molecule has 0 heterocycles. The summed E-state index contributed by atoms with van der Waals surface area (Å²) < 4.78 is 0. The molecule has 0 saturated heterocycles. The molecule has 2 unspecified atom stereocenters. The van der Waals surface area contributed by atoms with Crippen LogP contribution in [0.25, 0.3) is 0 Å². The quantitative estimate of drug-likeness (QED) is 0.330. The standard InChI is InChI=1S/C15H23N3O/c1-11-5-4-7-12(11)9-17-10-13-6-2-3-8-14(13)15(16)18-19/h2-3,6,8,11-12,17,19H,4-5,7,9-10H2,1H3,(H2,16,18). The Morgan fingerprint density at radius 2 is 2.21 bits per heavy atom. The third-order valence-electron chi connectivity index (χ3n) is 4.16. The second kappa shape index (κ2) is 6.57. The van der Waals surface area contributed by atoms with E-state index in [0.717, 1.165) is 36.1 Å². The fraction of sp³-hybridized carbons (Fsp3) is 0.533. The second-order valence-corrected chi connectivity index (χ2v) is 5.44. The Balaban J connectivity index is 1.92. The molecule has 1 aromatic rings. The van der Waals surface area contributed by atoms with Gasteiger partial charge in [-0.2, -0.15) is 0 Å². The van der Waals surface area contributed by atoms with Gasteiger partial charge < -0.3 is 16.3 Å². The molecular weight excluding hydrogens is 238 g/mol. The molecule has 104 valence electrons. The molecule has 1 aliphatic rings. The number of nitrogens with one attached hydrogen (secondary N) is 1. The van der Waals surface area contributed by atoms with Crippen LogP contribution >= 0.6 is 0 Å². The van der Waals surface area contributed by atoms with E-state index in [0.29, 0.717) is 0 Å². The molecular formula is C15H23N3O. The van der Waals surface area contributed by atoms with Crippen molar-refractivity contribution in [3.05, 3.63) is 35.4 Å². The zero-order chi connectivity index (χ0) is 13.7. The lowest BCUT2D eigenvalue weighted by Gasteiger charge is -2.16. The summed E-state index contributed by atoms with van der Waals surface area (Å²) in [5.41, 5.74) is 7.56. The van der Waals surface area contributed by atoms with E-state index in [-0.39, 0.29) is 5.84 Å². The summed E-state index contributed by atoms with van der Waals surface area (Å²) >= 11 is 0. The van der Waals surface area contributed by atoms with Crippen LogP contribution in [0.2, 0.25) is 0 Å². The van der Waals surface area contributed by atoms with Crippen LogP contribution < -0.4 is 11.1 Å². The van der Waals surface area contributed by atoms with Gasteiger partial charge in [0, 0.05) is 12.1 Å². The number of nitrogens with two attached hydrogens (primary N) is 1. The number of hydrogen-bond acceptors (Lipinski definition) is 3. The molecule has 1 fully saturated rings. The van der Waals surface area contributed by atoms with Crippen molar-refractivity contribution in [2.75, 3.05) is 6.54 Å². The molecule has 4 heteroatoms. The van der Waals surface area contributed by atoms with Crippen molar-refractivity contribution in [1.82, 2.24) is 5.32 Å². The number of benzene rings is 1. The van der Waals surface area contributed by atoms with Gasteiger partial charge in [0.15, 0.2) is 5.84 Å². The topological polar surface area (TPSA) is 70.6 Å². The van der Waals surface area contributed by atoms with E-state index < -0.39 is 0 Å². The number of rotatable bonds is 5. The highest BCUT2D eigenvalue weighted by Gasteiger charge is 2.22. The lowest BCUT2D eigenvalue weighted by molar-refractivity contribution is 0.318. The Morgan fingerprint density at radius 1 is 1.42 bits per heavy atom. The van der Waals surface area contributed by atoms with Gasteiger partial charge in [0.05, 0.1) is 0 Å². The van der Waals surface area contributed by atoms with Crippen molar-refractivity contribution in [2.24, 2.45) is 22.7 Å². The van der Waals surface area contributed by atoms with Gasteiger partial charge in [-0.1, -0.05) is 49.2 Å². The van der Waals surface area contributed by atoms with Crippen LogP contribution in [0.1, 0.15) is 37.3 Å². The molecule has 4 N–H and O–H groups in total. The maximum absolute atomic E-state index is 8.79. The van der Waals surface area contributed by atoms with Gasteiger partial charge in [0.1, 0.15) is 0 Å². The molecule has 0 radical (unpaired) electrons. The molecule has 19 heavy (non-hydrogen) atoms. The van der Waals surface area contributed by atoms with E-state index in [1.807, 2.05) is 24.3 Å². The van der Waals surface area contributed by atoms with Crippen molar-refractivity contribution < 1.29 is 5.21 Å². The SMILES string of the molecule is CC1CCCC1CNCc1ccccc1/C(N)=N/O. The van der Waals surface area contributed by atoms with E-state index in [9.17, 15) is 0 Å². The van der Waals surface area contributed by atoms with Gasteiger partial charge in [0.25, 0.3) is 0 Å². The van der Waals surface area contributed by atoms with E-state index >= 15 is 0 Å². The molecule has 0 aliphatic heterocycles. The number of amidine groups is 1. The van der Waals surface area contributed by atoms with E-state index in [1.165, 1.54) is 19.3 Å². The first kappa shape index (κ1) is 13.9. The van der Waals surface area contributed by atoms with Crippen LogP contribution in [0.5, 0.6) is 0 Å². The van der Waals surface area contributed by atoms with Gasteiger partial charge in [-0.25, -0.2) is 0 Å². The van der Waals surface area contributed by atoms with Crippen molar-refractivity contribution in [1.29, 1.82) is 0 Å². The molecule has 0 spiro atoms. The monoisotopic (exact) mass is 261 g/mol. The Labute approximate surface area is 114 Å². The Hall–Kier alpha value is -1.55. The highest BCUT2D eigenvalue weighted by Crippen LogP contribution is 2.30. The van der Waals surface area contributed by atoms with Gasteiger partial charge in [-0.15, -0.1) is 0 Å². The fourth-order valence-electron chi connectivity index (χ4n) is 2.90. The van der Waals surface area contributed by atoms with Crippen molar-refractivity contribution in [3.8, 4) is 0 Å². The van der Waals surface area contributed by atoms with E-state index in [4.69, 9.17) is 10.9 Å². The Kier molecular flexibility index (Phi) is 4.80. The van der Waals surface area contributed by atoms with Crippen LogP contribution in [-0.4, -0.2) is 17.6 Å². The van der Waals surface area contributed by atoms with E-state index in [2.05, 4.69) is 17.4 Å². The fourth-order valence-corrected chi connectivity index (χ4v) is 2.90. The smallest absolute Gasteiger partial charge is 0.170 e. The largest absolute Gasteiger partial charge is 0.409 e. The maximum atomic E-state index is 8.79. The summed E-state index contributed by atoms with van der Waals surface area (Å²) in [7, 11) is 0. The summed E-state index contributed by atoms with van der Waals surface area (Å²) in [5, 5.41) is 15.4.